The van der Waals surface area contributed by atoms with Crippen molar-refractivity contribution in [2.24, 2.45) is 5.41 Å². The van der Waals surface area contributed by atoms with Crippen LogP contribution in [-0.4, -0.2) is 24.3 Å². The number of nitrogens with one attached hydrogen (secondary N) is 3. The molecule has 6 nitrogen and oxygen atoms in total. The molecule has 0 bridgehead atoms. The molecule has 1 aromatic carbocycles. The van der Waals surface area contributed by atoms with E-state index in [1.54, 1.807) is 20.8 Å². The van der Waals surface area contributed by atoms with E-state index in [-0.39, 0.29) is 24.8 Å². The highest BCUT2D eigenvalue weighted by atomic mass is 16.2. The van der Waals surface area contributed by atoms with Gasteiger partial charge >= 0.3 is 0 Å². The van der Waals surface area contributed by atoms with Gasteiger partial charge in [-0.1, -0.05) is 51.1 Å². The van der Waals surface area contributed by atoms with Crippen molar-refractivity contribution in [1.29, 1.82) is 0 Å². The Kier molecular flexibility index (Phi) is 5.90. The van der Waals surface area contributed by atoms with Gasteiger partial charge in [-0.3, -0.25) is 25.2 Å². The fourth-order valence-electron chi connectivity index (χ4n) is 1.38. The summed E-state index contributed by atoms with van der Waals surface area (Å²) < 4.78 is 0. The lowest BCUT2D eigenvalue weighted by Gasteiger charge is -2.17. The molecule has 1 rings (SSSR count). The van der Waals surface area contributed by atoms with Gasteiger partial charge in [-0.2, -0.15) is 0 Å². The maximum Gasteiger partial charge on any atom is 0.257 e. The molecule has 0 aliphatic carbocycles. The number of benzene rings is 1. The summed E-state index contributed by atoms with van der Waals surface area (Å²) in [6.45, 7) is 5.01. The zero-order valence-corrected chi connectivity index (χ0v) is 12.5. The van der Waals surface area contributed by atoms with Gasteiger partial charge in [0.25, 0.3) is 5.91 Å². The molecular formula is C15H21N3O3. The van der Waals surface area contributed by atoms with Crippen LogP contribution in [0.25, 0.3) is 0 Å². The van der Waals surface area contributed by atoms with Crippen LogP contribution in [0, 0.1) is 5.41 Å². The smallest absolute Gasteiger partial charge is 0.257 e. The Hall–Kier alpha value is -2.37. The first kappa shape index (κ1) is 16.7. The lowest BCUT2D eigenvalue weighted by molar-refractivity contribution is -0.133. The third kappa shape index (κ3) is 6.56. The fraction of sp³-hybridized carbons (Fsp3) is 0.400. The molecule has 3 amide bonds. The average molecular weight is 291 g/mol. The summed E-state index contributed by atoms with van der Waals surface area (Å²) in [5, 5.41) is 2.49. The highest BCUT2D eigenvalue weighted by Crippen LogP contribution is 2.11. The molecule has 0 atom stereocenters. The molecule has 0 spiro atoms. The number of hydrogen-bond acceptors (Lipinski definition) is 3. The molecule has 6 heteroatoms. The zero-order valence-electron chi connectivity index (χ0n) is 12.5. The molecule has 21 heavy (non-hydrogen) atoms. The maximum absolute atomic E-state index is 11.6. The molecule has 0 radical (unpaired) electrons. The van der Waals surface area contributed by atoms with Crippen LogP contribution in [-0.2, 0) is 20.8 Å². The van der Waals surface area contributed by atoms with E-state index in [2.05, 4.69) is 16.2 Å². The second-order valence-corrected chi connectivity index (χ2v) is 5.69. The summed E-state index contributed by atoms with van der Waals surface area (Å²) in [6, 6.07) is 9.23. The summed E-state index contributed by atoms with van der Waals surface area (Å²) in [6.07, 6.45) is 0.211. The minimum Gasteiger partial charge on any atom is -0.347 e. The summed E-state index contributed by atoms with van der Waals surface area (Å²) in [4.78, 5) is 34.7. The van der Waals surface area contributed by atoms with E-state index >= 15 is 0 Å². The second-order valence-electron chi connectivity index (χ2n) is 5.69. The van der Waals surface area contributed by atoms with Crippen molar-refractivity contribution in [2.45, 2.75) is 27.2 Å². The van der Waals surface area contributed by atoms with Gasteiger partial charge in [-0.25, -0.2) is 0 Å². The number of hydrazine groups is 1. The fourth-order valence-corrected chi connectivity index (χ4v) is 1.38. The number of hydrogen-bond donors (Lipinski definition) is 3. The van der Waals surface area contributed by atoms with Gasteiger partial charge in [-0.05, 0) is 5.56 Å². The maximum atomic E-state index is 11.6. The molecular weight excluding hydrogens is 270 g/mol. The van der Waals surface area contributed by atoms with Crippen molar-refractivity contribution in [3.8, 4) is 0 Å². The molecule has 0 saturated heterocycles. The Morgan fingerprint density at radius 3 is 2.14 bits per heavy atom. The van der Waals surface area contributed by atoms with Crippen molar-refractivity contribution >= 4 is 17.7 Å². The number of amides is 3. The molecule has 0 aliphatic rings. The van der Waals surface area contributed by atoms with E-state index in [1.807, 2.05) is 30.3 Å². The largest absolute Gasteiger partial charge is 0.347 e. The first-order valence-electron chi connectivity index (χ1n) is 6.69. The van der Waals surface area contributed by atoms with Gasteiger partial charge in [0.05, 0.1) is 13.0 Å². The van der Waals surface area contributed by atoms with E-state index in [9.17, 15) is 14.4 Å². The average Bonchev–Trinajstić information content (AvgIpc) is 2.42. The van der Waals surface area contributed by atoms with Gasteiger partial charge in [0.1, 0.15) is 0 Å². The SMILES string of the molecule is CC(C)(C)C(=O)NNC(=O)CNC(=O)Cc1ccccc1. The third-order valence-electron chi connectivity index (χ3n) is 2.65. The van der Waals surface area contributed by atoms with Crippen LogP contribution in [0.5, 0.6) is 0 Å². The zero-order chi connectivity index (χ0) is 15.9. The lowest BCUT2D eigenvalue weighted by Crippen LogP contribution is -2.49. The minimum absolute atomic E-state index is 0.184. The van der Waals surface area contributed by atoms with Crippen LogP contribution >= 0.6 is 0 Å². The Balaban J connectivity index is 2.27. The van der Waals surface area contributed by atoms with E-state index in [1.165, 1.54) is 0 Å². The Bertz CT molecular complexity index is 507. The predicted molar refractivity (Wildman–Crippen MR) is 78.9 cm³/mol. The molecule has 0 aliphatic heterocycles. The summed E-state index contributed by atoms with van der Waals surface area (Å²) in [5.41, 5.74) is 4.84. The van der Waals surface area contributed by atoms with Crippen LogP contribution in [0.3, 0.4) is 0 Å². The normalized spacial score (nSPS) is 10.6. The highest BCUT2D eigenvalue weighted by Gasteiger charge is 2.21. The monoisotopic (exact) mass is 291 g/mol. The first-order valence-corrected chi connectivity index (χ1v) is 6.69. The summed E-state index contributed by atoms with van der Waals surface area (Å²) in [5.74, 6) is -1.03. The Morgan fingerprint density at radius 2 is 1.57 bits per heavy atom. The number of rotatable bonds is 4. The van der Waals surface area contributed by atoms with Crippen LogP contribution < -0.4 is 16.2 Å². The molecule has 0 saturated carbocycles. The molecule has 0 heterocycles. The number of carbonyl (C=O) groups is 3. The lowest BCUT2D eigenvalue weighted by atomic mass is 9.96. The van der Waals surface area contributed by atoms with Crippen molar-refractivity contribution < 1.29 is 14.4 Å². The topological polar surface area (TPSA) is 87.3 Å². The van der Waals surface area contributed by atoms with Crippen LogP contribution in [0.2, 0.25) is 0 Å². The first-order chi connectivity index (χ1) is 9.79. The van der Waals surface area contributed by atoms with E-state index in [0.29, 0.717) is 0 Å². The van der Waals surface area contributed by atoms with Crippen LogP contribution in [0.1, 0.15) is 26.3 Å². The molecule has 1 aromatic rings. The minimum atomic E-state index is -0.593. The van der Waals surface area contributed by atoms with Crippen LogP contribution in [0.15, 0.2) is 30.3 Å². The van der Waals surface area contributed by atoms with Crippen molar-refractivity contribution in [3.05, 3.63) is 35.9 Å². The van der Waals surface area contributed by atoms with Crippen molar-refractivity contribution in [3.63, 3.8) is 0 Å². The van der Waals surface area contributed by atoms with Crippen molar-refractivity contribution in [1.82, 2.24) is 16.2 Å². The van der Waals surface area contributed by atoms with Gasteiger partial charge in [0, 0.05) is 5.41 Å². The van der Waals surface area contributed by atoms with E-state index < -0.39 is 11.3 Å². The molecule has 0 fully saturated rings. The van der Waals surface area contributed by atoms with Gasteiger partial charge in [0.15, 0.2) is 0 Å². The van der Waals surface area contributed by atoms with Crippen molar-refractivity contribution in [2.75, 3.05) is 6.54 Å². The molecule has 114 valence electrons. The predicted octanol–water partition coefficient (Wildman–Crippen LogP) is 0.539. The Labute approximate surface area is 124 Å². The van der Waals surface area contributed by atoms with E-state index in [4.69, 9.17) is 0 Å². The van der Waals surface area contributed by atoms with Crippen LogP contribution in [0.4, 0.5) is 0 Å². The Morgan fingerprint density at radius 1 is 0.952 bits per heavy atom. The summed E-state index contributed by atoms with van der Waals surface area (Å²) in [7, 11) is 0. The standard InChI is InChI=1S/C15H21N3O3/c1-15(2,3)14(21)18-17-13(20)10-16-12(19)9-11-7-5-4-6-8-11/h4-8H,9-10H2,1-3H3,(H,16,19)(H,17,20)(H,18,21). The number of carbonyl (C=O) groups excluding carboxylic acids is 3. The second kappa shape index (κ2) is 7.42. The molecule has 0 aromatic heterocycles. The third-order valence-corrected chi connectivity index (χ3v) is 2.65. The van der Waals surface area contributed by atoms with Gasteiger partial charge in [0.2, 0.25) is 11.8 Å². The highest BCUT2D eigenvalue weighted by molar-refractivity contribution is 5.88. The summed E-state index contributed by atoms with van der Waals surface area (Å²) >= 11 is 0. The quantitative estimate of drug-likeness (QED) is 0.708. The van der Waals surface area contributed by atoms with E-state index in [0.717, 1.165) is 5.56 Å². The molecule has 0 unspecified atom stereocenters. The molecule has 3 N–H and O–H groups in total. The van der Waals surface area contributed by atoms with Gasteiger partial charge < -0.3 is 5.32 Å². The van der Waals surface area contributed by atoms with Gasteiger partial charge in [-0.15, -0.1) is 0 Å².